The molecule has 4 atom stereocenters. The number of pyridine rings is 1. The maximum absolute atomic E-state index is 16.8. The number of rotatable bonds is 6. The van der Waals surface area contributed by atoms with Gasteiger partial charge in [-0.1, -0.05) is 32.8 Å². The third-order valence-electron chi connectivity index (χ3n) is 10.2. The molecule has 3 fully saturated rings. The van der Waals surface area contributed by atoms with Gasteiger partial charge in [0.1, 0.15) is 28.6 Å². The van der Waals surface area contributed by atoms with Crippen molar-refractivity contribution in [2.45, 2.75) is 52.1 Å². The number of nitrogens with zero attached hydrogens (tertiary/aromatic N) is 5. The highest BCUT2D eigenvalue weighted by molar-refractivity contribution is 6.03. The van der Waals surface area contributed by atoms with Crippen molar-refractivity contribution in [3.8, 4) is 35.4 Å². The highest BCUT2D eigenvalue weighted by atomic mass is 19.1. The van der Waals surface area contributed by atoms with E-state index < -0.39 is 11.6 Å². The number of hydrogen-bond acceptors (Lipinski definition) is 8. The number of phenols is 1. The second-order valence-corrected chi connectivity index (χ2v) is 13.2. The van der Waals surface area contributed by atoms with E-state index in [4.69, 9.17) is 16.1 Å². The van der Waals surface area contributed by atoms with Gasteiger partial charge >= 0.3 is 6.01 Å². The Kier molecular flexibility index (Phi) is 7.49. The fourth-order valence-corrected chi connectivity index (χ4v) is 7.40. The predicted molar refractivity (Wildman–Crippen MR) is 171 cm³/mol. The Hall–Kier alpha value is -4.07. The summed E-state index contributed by atoms with van der Waals surface area (Å²) in [5.41, 5.74) is -0.00343. The number of terminal acetylenes is 1. The van der Waals surface area contributed by atoms with E-state index in [1.807, 2.05) is 0 Å². The van der Waals surface area contributed by atoms with Crippen LogP contribution >= 0.6 is 0 Å². The van der Waals surface area contributed by atoms with Gasteiger partial charge in [-0.05, 0) is 61.9 Å². The van der Waals surface area contributed by atoms with Crippen molar-refractivity contribution < 1.29 is 18.6 Å². The third-order valence-corrected chi connectivity index (χ3v) is 10.2. The molecule has 2 N–H and O–H groups in total. The molecule has 3 saturated heterocycles. The van der Waals surface area contributed by atoms with E-state index in [1.165, 1.54) is 24.3 Å². The number of anilines is 1. The van der Waals surface area contributed by atoms with Crippen LogP contribution in [-0.4, -0.2) is 76.4 Å². The molecule has 0 amide bonds. The average molecular weight is 613 g/mol. The lowest BCUT2D eigenvalue weighted by atomic mass is 9.74. The minimum absolute atomic E-state index is 0.0246. The first-order chi connectivity index (χ1) is 21.7. The molecular weight excluding hydrogens is 574 g/mol. The molecule has 0 aliphatic carbocycles. The highest BCUT2D eigenvalue weighted by Crippen LogP contribution is 2.40. The second kappa shape index (κ2) is 11.4. The smallest absolute Gasteiger partial charge is 0.319 e. The van der Waals surface area contributed by atoms with E-state index in [0.29, 0.717) is 46.6 Å². The molecule has 0 radical (unpaired) electrons. The molecule has 3 aliphatic rings. The van der Waals surface area contributed by atoms with E-state index in [0.717, 1.165) is 52.0 Å². The Labute approximate surface area is 261 Å². The van der Waals surface area contributed by atoms with Gasteiger partial charge in [-0.3, -0.25) is 4.98 Å². The Morgan fingerprint density at radius 3 is 2.67 bits per heavy atom. The fourth-order valence-electron chi connectivity index (χ4n) is 7.40. The number of benzene rings is 2. The second-order valence-electron chi connectivity index (χ2n) is 13.2. The normalized spacial score (nSPS) is 25.2. The first-order valence-corrected chi connectivity index (χ1v) is 15.8. The number of piperazine rings is 1. The summed E-state index contributed by atoms with van der Waals surface area (Å²) in [6, 6.07) is 6.33. The van der Waals surface area contributed by atoms with Crippen molar-refractivity contribution in [3.05, 3.63) is 47.7 Å². The van der Waals surface area contributed by atoms with Crippen molar-refractivity contribution in [3.63, 3.8) is 0 Å². The summed E-state index contributed by atoms with van der Waals surface area (Å²) >= 11 is 0. The molecule has 2 aromatic carbocycles. The van der Waals surface area contributed by atoms with E-state index in [9.17, 15) is 9.50 Å². The predicted octanol–water partition coefficient (Wildman–Crippen LogP) is 5.50. The summed E-state index contributed by atoms with van der Waals surface area (Å²) in [5.74, 6) is 1.96. The van der Waals surface area contributed by atoms with Crippen LogP contribution < -0.4 is 15.0 Å². The number of aromatic nitrogens is 3. The van der Waals surface area contributed by atoms with Crippen LogP contribution in [0.25, 0.3) is 32.9 Å². The lowest BCUT2D eigenvalue weighted by Crippen LogP contribution is -2.51. The number of hydrogen-bond donors (Lipinski definition) is 2. The van der Waals surface area contributed by atoms with Gasteiger partial charge in [0, 0.05) is 54.3 Å². The van der Waals surface area contributed by atoms with Crippen LogP contribution in [0.4, 0.5) is 14.6 Å². The number of phenolic OH excluding ortho intramolecular Hbond substituents is 1. The van der Waals surface area contributed by atoms with Crippen LogP contribution in [0.3, 0.4) is 0 Å². The molecule has 2 bridgehead atoms. The van der Waals surface area contributed by atoms with Crippen LogP contribution in [-0.2, 0) is 0 Å². The zero-order chi connectivity index (χ0) is 31.5. The number of aromatic hydroxyl groups is 1. The van der Waals surface area contributed by atoms with Gasteiger partial charge in [-0.2, -0.15) is 9.97 Å². The number of ether oxygens (including phenoxy) is 1. The molecule has 8 nitrogen and oxygen atoms in total. The summed E-state index contributed by atoms with van der Waals surface area (Å²) in [6.07, 6.45) is 10.5. The number of halogens is 2. The lowest BCUT2D eigenvalue weighted by Gasteiger charge is -2.44. The van der Waals surface area contributed by atoms with Crippen molar-refractivity contribution >= 4 is 27.5 Å². The molecule has 45 heavy (non-hydrogen) atoms. The van der Waals surface area contributed by atoms with E-state index in [1.54, 1.807) is 6.20 Å². The van der Waals surface area contributed by atoms with Crippen molar-refractivity contribution in [2.75, 3.05) is 44.2 Å². The zero-order valence-corrected chi connectivity index (χ0v) is 25.9. The molecule has 5 heterocycles. The van der Waals surface area contributed by atoms with Crippen LogP contribution in [0.2, 0.25) is 0 Å². The molecule has 10 heteroatoms. The van der Waals surface area contributed by atoms with E-state index in [-0.39, 0.29) is 39.5 Å². The molecule has 7 rings (SSSR count). The summed E-state index contributed by atoms with van der Waals surface area (Å²) < 4.78 is 38.0. The van der Waals surface area contributed by atoms with Gasteiger partial charge in [0.25, 0.3) is 0 Å². The van der Waals surface area contributed by atoms with Crippen molar-refractivity contribution in [1.29, 1.82) is 0 Å². The molecule has 3 aliphatic heterocycles. The monoisotopic (exact) mass is 612 g/mol. The topological polar surface area (TPSA) is 86.6 Å². The Morgan fingerprint density at radius 2 is 1.93 bits per heavy atom. The first-order valence-electron chi connectivity index (χ1n) is 15.8. The van der Waals surface area contributed by atoms with Gasteiger partial charge in [0.05, 0.1) is 17.6 Å². The van der Waals surface area contributed by atoms with E-state index >= 15 is 4.39 Å². The third kappa shape index (κ3) is 5.22. The number of likely N-dealkylation sites (tertiary alicyclic amines) is 1. The summed E-state index contributed by atoms with van der Waals surface area (Å²) in [7, 11) is 0. The fraction of sp³-hybridized carbons (Fsp3) is 0.457. The minimum Gasteiger partial charge on any atom is -0.508 e. The van der Waals surface area contributed by atoms with Crippen LogP contribution in [0.15, 0.2) is 30.5 Å². The van der Waals surface area contributed by atoms with E-state index in [2.05, 4.69) is 51.8 Å². The molecule has 234 valence electrons. The molecule has 0 spiro atoms. The molecule has 2 aromatic heterocycles. The number of nitrogens with one attached hydrogen (secondary N) is 1. The number of piperidine rings is 1. The summed E-state index contributed by atoms with van der Waals surface area (Å²) in [5, 5.41) is 15.4. The molecule has 0 unspecified atom stereocenters. The summed E-state index contributed by atoms with van der Waals surface area (Å²) in [4.78, 5) is 18.6. The SMILES string of the molecule is C#Cc1c(F)ccc2cc(O)cc(-c3ncc4c(N5C[C@H]6CC[C@@H](C5)N6)nc(OC[C@]5(C)CN(CC)CC[C@@H]5C)nc4c3F)c12. The maximum atomic E-state index is 16.8. The summed E-state index contributed by atoms with van der Waals surface area (Å²) in [6.45, 7) is 11.4. The average Bonchev–Trinajstić information content (AvgIpc) is 3.38. The van der Waals surface area contributed by atoms with Gasteiger partial charge < -0.3 is 25.0 Å². The molecule has 4 aromatic rings. The van der Waals surface area contributed by atoms with Gasteiger partial charge in [0.15, 0.2) is 5.82 Å². The standard InChI is InChI=1S/C35H38F2N6O2/c1-5-25-28(36)10-7-21-13-24(44)14-26(29(21)25)31-30(37)32-27(15-38-31)33(43-16-22-8-9-23(17-43)39-22)41-34(40-32)45-19-35(4)18-42(6-2)12-11-20(35)3/h1,7,10,13-15,20,22-23,39,44H,6,8-9,11-12,16-19H2,2-4H3/t20-,22-,23+,35-/m0/s1. The quantitative estimate of drug-likeness (QED) is 0.276. The van der Waals surface area contributed by atoms with Gasteiger partial charge in [0.2, 0.25) is 0 Å². The lowest BCUT2D eigenvalue weighted by molar-refractivity contribution is 0.0107. The Morgan fingerprint density at radius 1 is 1.16 bits per heavy atom. The highest BCUT2D eigenvalue weighted by Gasteiger charge is 2.38. The Balaban J connectivity index is 1.37. The van der Waals surface area contributed by atoms with Crippen LogP contribution in [0.1, 0.15) is 45.6 Å². The number of fused-ring (bicyclic) bond motifs is 4. The van der Waals surface area contributed by atoms with Crippen LogP contribution in [0, 0.1) is 35.3 Å². The van der Waals surface area contributed by atoms with Gasteiger partial charge in [-0.25, -0.2) is 8.78 Å². The maximum Gasteiger partial charge on any atom is 0.319 e. The van der Waals surface area contributed by atoms with Crippen LogP contribution in [0.5, 0.6) is 11.8 Å². The van der Waals surface area contributed by atoms with Crippen molar-refractivity contribution in [1.82, 2.24) is 25.2 Å². The zero-order valence-electron chi connectivity index (χ0n) is 25.9. The van der Waals surface area contributed by atoms with Gasteiger partial charge in [-0.15, -0.1) is 6.42 Å². The largest absolute Gasteiger partial charge is 0.508 e. The minimum atomic E-state index is -0.715. The molecular formula is C35H38F2N6O2. The first kappa shape index (κ1) is 29.6. The van der Waals surface area contributed by atoms with Crippen molar-refractivity contribution in [2.24, 2.45) is 11.3 Å². The Bertz CT molecular complexity index is 1830. The molecule has 0 saturated carbocycles.